The number of pyridine rings is 1. The highest BCUT2D eigenvalue weighted by Gasteiger charge is 1.99. The number of anilines is 1. The van der Waals surface area contributed by atoms with E-state index in [4.69, 9.17) is 11.5 Å². The van der Waals surface area contributed by atoms with Crippen molar-refractivity contribution in [2.24, 2.45) is 5.73 Å². The molecule has 1 heterocycles. The Morgan fingerprint density at radius 2 is 2.08 bits per heavy atom. The van der Waals surface area contributed by atoms with Crippen LogP contribution in [-0.4, -0.2) is 4.98 Å². The fourth-order valence-electron chi connectivity index (χ4n) is 0.982. The van der Waals surface area contributed by atoms with E-state index < -0.39 is 0 Å². The van der Waals surface area contributed by atoms with Crippen LogP contribution in [0.4, 0.5) is 5.82 Å². The molecular formula is C9H13N3. The third-order valence-corrected chi connectivity index (χ3v) is 1.80. The zero-order valence-electron chi connectivity index (χ0n) is 7.33. The summed E-state index contributed by atoms with van der Waals surface area (Å²) in [5.74, 6) is 0.528. The van der Waals surface area contributed by atoms with Crippen molar-refractivity contribution in [3.8, 4) is 0 Å². The van der Waals surface area contributed by atoms with E-state index in [0.29, 0.717) is 5.82 Å². The lowest BCUT2D eigenvalue weighted by atomic mass is 10.1. The molecule has 3 nitrogen and oxygen atoms in total. The van der Waals surface area contributed by atoms with E-state index in [2.05, 4.69) is 4.98 Å². The van der Waals surface area contributed by atoms with Gasteiger partial charge in [-0.2, -0.15) is 0 Å². The summed E-state index contributed by atoms with van der Waals surface area (Å²) in [6.07, 6.45) is 3.21. The fraction of sp³-hybridized carbons (Fsp3) is 0.222. The zero-order chi connectivity index (χ0) is 9.14. The van der Waals surface area contributed by atoms with Crippen LogP contribution in [0.2, 0.25) is 0 Å². The Bertz CT molecular complexity index is 316. The van der Waals surface area contributed by atoms with Crippen LogP contribution in [0.5, 0.6) is 0 Å². The number of aromatic nitrogens is 1. The highest BCUT2D eigenvalue weighted by Crippen LogP contribution is 2.14. The van der Waals surface area contributed by atoms with Crippen molar-refractivity contribution in [3.05, 3.63) is 29.1 Å². The number of aryl methyl sites for hydroxylation is 2. The normalized spacial score (nSPS) is 10.8. The molecule has 0 aromatic carbocycles. The van der Waals surface area contributed by atoms with E-state index in [1.54, 1.807) is 6.08 Å². The average Bonchev–Trinajstić information content (AvgIpc) is 2.01. The minimum atomic E-state index is 0.528. The van der Waals surface area contributed by atoms with Crippen molar-refractivity contribution in [2.75, 3.05) is 5.73 Å². The molecule has 0 radical (unpaired) electrons. The Labute approximate surface area is 72.1 Å². The first-order valence-electron chi connectivity index (χ1n) is 3.77. The van der Waals surface area contributed by atoms with E-state index >= 15 is 0 Å². The minimum absolute atomic E-state index is 0.528. The number of nitrogen functional groups attached to an aromatic ring is 1. The Morgan fingerprint density at radius 1 is 1.42 bits per heavy atom. The van der Waals surface area contributed by atoms with Crippen molar-refractivity contribution in [3.63, 3.8) is 0 Å². The third kappa shape index (κ3) is 1.56. The van der Waals surface area contributed by atoms with Gasteiger partial charge in [-0.15, -0.1) is 0 Å². The van der Waals surface area contributed by atoms with Gasteiger partial charge in [-0.25, -0.2) is 4.98 Å². The Morgan fingerprint density at radius 3 is 2.67 bits per heavy atom. The van der Waals surface area contributed by atoms with Crippen LogP contribution in [0.3, 0.4) is 0 Å². The predicted molar refractivity (Wildman–Crippen MR) is 51.3 cm³/mol. The molecule has 0 saturated heterocycles. The second-order valence-electron chi connectivity index (χ2n) is 2.72. The van der Waals surface area contributed by atoms with Crippen molar-refractivity contribution in [2.45, 2.75) is 13.8 Å². The molecule has 12 heavy (non-hydrogen) atoms. The molecule has 0 aliphatic rings. The molecule has 1 aromatic rings. The highest BCUT2D eigenvalue weighted by atomic mass is 14.8. The second kappa shape index (κ2) is 3.26. The van der Waals surface area contributed by atoms with Gasteiger partial charge in [0.15, 0.2) is 0 Å². The number of hydrogen-bond donors (Lipinski definition) is 2. The second-order valence-corrected chi connectivity index (χ2v) is 2.72. The molecule has 0 fully saturated rings. The summed E-state index contributed by atoms with van der Waals surface area (Å²) in [6.45, 7) is 3.93. The van der Waals surface area contributed by atoms with Crippen LogP contribution < -0.4 is 11.5 Å². The van der Waals surface area contributed by atoms with Crippen LogP contribution in [0.25, 0.3) is 6.08 Å². The Hall–Kier alpha value is -1.51. The van der Waals surface area contributed by atoms with Crippen LogP contribution in [0.15, 0.2) is 12.3 Å². The maximum Gasteiger partial charge on any atom is 0.131 e. The van der Waals surface area contributed by atoms with E-state index in [1.165, 1.54) is 6.20 Å². The zero-order valence-corrected chi connectivity index (χ0v) is 7.33. The average molecular weight is 163 g/mol. The lowest BCUT2D eigenvalue weighted by Crippen LogP contribution is -1.98. The SMILES string of the molecule is Cc1cc(/C=C\N)c(N)nc1C. The molecule has 0 atom stereocenters. The van der Waals surface area contributed by atoms with E-state index in [1.807, 2.05) is 19.9 Å². The summed E-state index contributed by atoms with van der Waals surface area (Å²) >= 11 is 0. The first kappa shape index (κ1) is 8.59. The van der Waals surface area contributed by atoms with Crippen LogP contribution in [-0.2, 0) is 0 Å². The Kier molecular flexibility index (Phi) is 2.33. The van der Waals surface area contributed by atoms with Gasteiger partial charge in [-0.1, -0.05) is 0 Å². The molecule has 4 N–H and O–H groups in total. The van der Waals surface area contributed by atoms with Crippen LogP contribution in [0, 0.1) is 13.8 Å². The van der Waals surface area contributed by atoms with Gasteiger partial charge < -0.3 is 11.5 Å². The standard InChI is InChI=1S/C9H13N3/c1-6-5-8(3-4-10)9(11)12-7(6)2/h3-5H,10H2,1-2H3,(H2,11,12)/b4-3-. The molecule has 0 spiro atoms. The largest absolute Gasteiger partial charge is 0.405 e. The number of nitrogens with two attached hydrogens (primary N) is 2. The van der Waals surface area contributed by atoms with E-state index in [9.17, 15) is 0 Å². The summed E-state index contributed by atoms with van der Waals surface area (Å²) in [5.41, 5.74) is 13.9. The molecule has 0 amide bonds. The highest BCUT2D eigenvalue weighted by molar-refractivity contribution is 5.61. The monoisotopic (exact) mass is 163 g/mol. The van der Waals surface area contributed by atoms with Crippen LogP contribution in [0.1, 0.15) is 16.8 Å². The lowest BCUT2D eigenvalue weighted by molar-refractivity contribution is 1.15. The quantitative estimate of drug-likeness (QED) is 0.654. The Balaban J connectivity index is 3.23. The molecule has 64 valence electrons. The third-order valence-electron chi connectivity index (χ3n) is 1.80. The first-order chi connectivity index (χ1) is 5.65. The van der Waals surface area contributed by atoms with Gasteiger partial charge in [0.05, 0.1) is 0 Å². The molecule has 0 saturated carbocycles. The van der Waals surface area contributed by atoms with Gasteiger partial charge >= 0.3 is 0 Å². The minimum Gasteiger partial charge on any atom is -0.405 e. The number of hydrogen-bond acceptors (Lipinski definition) is 3. The van der Waals surface area contributed by atoms with Gasteiger partial charge in [0.25, 0.3) is 0 Å². The maximum absolute atomic E-state index is 5.66. The molecular weight excluding hydrogens is 150 g/mol. The smallest absolute Gasteiger partial charge is 0.131 e. The van der Waals surface area contributed by atoms with Crippen molar-refractivity contribution < 1.29 is 0 Å². The first-order valence-corrected chi connectivity index (χ1v) is 3.77. The van der Waals surface area contributed by atoms with Gasteiger partial charge in [-0.3, -0.25) is 0 Å². The molecule has 1 rings (SSSR count). The summed E-state index contributed by atoms with van der Waals surface area (Å²) in [6, 6.07) is 1.97. The van der Waals surface area contributed by atoms with Crippen LogP contribution >= 0.6 is 0 Å². The van der Waals surface area contributed by atoms with Gasteiger partial charge in [0.1, 0.15) is 5.82 Å². The fourth-order valence-corrected chi connectivity index (χ4v) is 0.982. The molecule has 3 heteroatoms. The number of rotatable bonds is 1. The summed E-state index contributed by atoms with van der Waals surface area (Å²) in [7, 11) is 0. The maximum atomic E-state index is 5.66. The molecule has 0 unspecified atom stereocenters. The van der Waals surface area contributed by atoms with Crippen molar-refractivity contribution in [1.29, 1.82) is 0 Å². The van der Waals surface area contributed by atoms with Gasteiger partial charge in [-0.05, 0) is 37.8 Å². The summed E-state index contributed by atoms with van der Waals surface area (Å²) < 4.78 is 0. The molecule has 0 bridgehead atoms. The molecule has 0 aliphatic heterocycles. The molecule has 0 aliphatic carbocycles. The lowest BCUT2D eigenvalue weighted by Gasteiger charge is -2.03. The van der Waals surface area contributed by atoms with Crippen molar-refractivity contribution in [1.82, 2.24) is 4.98 Å². The summed E-state index contributed by atoms with van der Waals surface area (Å²) in [5, 5.41) is 0. The van der Waals surface area contributed by atoms with Gasteiger partial charge in [0.2, 0.25) is 0 Å². The van der Waals surface area contributed by atoms with Crippen molar-refractivity contribution >= 4 is 11.9 Å². The van der Waals surface area contributed by atoms with E-state index in [-0.39, 0.29) is 0 Å². The van der Waals surface area contributed by atoms with Gasteiger partial charge in [0, 0.05) is 11.3 Å². The predicted octanol–water partition coefficient (Wildman–Crippen LogP) is 1.21. The molecule has 1 aromatic heterocycles. The summed E-state index contributed by atoms with van der Waals surface area (Å²) in [4.78, 5) is 4.16. The number of nitrogens with zero attached hydrogens (tertiary/aromatic N) is 1. The topological polar surface area (TPSA) is 64.9 Å². The van der Waals surface area contributed by atoms with E-state index in [0.717, 1.165) is 16.8 Å².